The Morgan fingerprint density at radius 3 is 0.900 bits per heavy atom. The standard InChI is InChI=1S/C38H48N2/c1-25-11-26(2)16-33(15-25)23-37(35-19-29(5)13-30(6)20-35)39-9-10-40-38(36-21-31(7)14-32(8)22-36)24-34-17-27(3)12-28(4)18-34/h11-22,37-40H,9-10,23-24H2,1-8H3. The predicted molar refractivity (Wildman–Crippen MR) is 173 cm³/mol. The minimum absolute atomic E-state index is 0.265. The first-order valence-electron chi connectivity index (χ1n) is 14.8. The molecule has 0 saturated carbocycles. The fourth-order valence-electron chi connectivity index (χ4n) is 6.38. The third-order valence-electron chi connectivity index (χ3n) is 7.64. The molecule has 2 heteroatoms. The molecule has 0 fully saturated rings. The maximum absolute atomic E-state index is 3.93. The molecule has 0 aromatic heterocycles. The second-order valence-electron chi connectivity index (χ2n) is 12.3. The number of nitrogens with one attached hydrogen (secondary N) is 2. The van der Waals surface area contributed by atoms with Gasteiger partial charge >= 0.3 is 0 Å². The molecule has 0 aliphatic carbocycles. The average Bonchev–Trinajstić information content (AvgIpc) is 2.82. The molecule has 2 atom stereocenters. The lowest BCUT2D eigenvalue weighted by Gasteiger charge is -2.24. The van der Waals surface area contributed by atoms with Crippen molar-refractivity contribution in [2.24, 2.45) is 0 Å². The van der Waals surface area contributed by atoms with Gasteiger partial charge in [-0.3, -0.25) is 0 Å². The third-order valence-corrected chi connectivity index (χ3v) is 7.64. The third kappa shape index (κ3) is 8.65. The summed E-state index contributed by atoms with van der Waals surface area (Å²) in [5.74, 6) is 0. The zero-order valence-electron chi connectivity index (χ0n) is 25.9. The Morgan fingerprint density at radius 1 is 0.375 bits per heavy atom. The number of rotatable bonds is 11. The van der Waals surface area contributed by atoms with E-state index in [2.05, 4.69) is 139 Å². The Bertz CT molecular complexity index is 1260. The highest BCUT2D eigenvalue weighted by Crippen LogP contribution is 2.24. The molecule has 0 bridgehead atoms. The maximum atomic E-state index is 3.93. The van der Waals surface area contributed by atoms with Crippen LogP contribution in [0.25, 0.3) is 0 Å². The second-order valence-corrected chi connectivity index (χ2v) is 12.3. The molecule has 2 N–H and O–H groups in total. The summed E-state index contributed by atoms with van der Waals surface area (Å²) < 4.78 is 0. The lowest BCUT2D eigenvalue weighted by molar-refractivity contribution is 0.475. The average molecular weight is 533 g/mol. The van der Waals surface area contributed by atoms with Crippen molar-refractivity contribution in [2.75, 3.05) is 13.1 Å². The molecule has 2 nitrogen and oxygen atoms in total. The Balaban J connectivity index is 1.51. The first kappa shape index (κ1) is 29.8. The molecule has 4 aromatic rings. The number of hydrogen-bond donors (Lipinski definition) is 2. The molecule has 4 rings (SSSR count). The van der Waals surface area contributed by atoms with Crippen LogP contribution < -0.4 is 10.6 Å². The van der Waals surface area contributed by atoms with Crippen LogP contribution in [0.4, 0.5) is 0 Å². The van der Waals surface area contributed by atoms with Gasteiger partial charge in [-0.2, -0.15) is 0 Å². The molecule has 4 aromatic carbocycles. The maximum Gasteiger partial charge on any atom is 0.0361 e. The number of benzene rings is 4. The SMILES string of the molecule is Cc1cc(C)cc(CC(NCCNC(Cc2cc(C)cc(C)c2)c2cc(C)cc(C)c2)c2cc(C)cc(C)c2)c1. The largest absolute Gasteiger partial charge is 0.308 e. The van der Waals surface area contributed by atoms with Crippen molar-refractivity contribution in [2.45, 2.75) is 80.3 Å². The van der Waals surface area contributed by atoms with Gasteiger partial charge in [0.15, 0.2) is 0 Å². The molecule has 0 aliphatic heterocycles. The van der Waals surface area contributed by atoms with Crippen molar-refractivity contribution in [1.29, 1.82) is 0 Å². The Morgan fingerprint density at radius 2 is 0.625 bits per heavy atom. The van der Waals surface area contributed by atoms with Crippen molar-refractivity contribution < 1.29 is 0 Å². The minimum Gasteiger partial charge on any atom is -0.308 e. The van der Waals surface area contributed by atoms with Crippen LogP contribution >= 0.6 is 0 Å². The lowest BCUT2D eigenvalue weighted by atomic mass is 9.94. The highest BCUT2D eigenvalue weighted by atomic mass is 15.0. The van der Waals surface area contributed by atoms with E-state index in [1.807, 2.05) is 0 Å². The van der Waals surface area contributed by atoms with E-state index in [4.69, 9.17) is 0 Å². The molecule has 2 unspecified atom stereocenters. The van der Waals surface area contributed by atoms with Gasteiger partial charge in [0, 0.05) is 25.2 Å². The molecule has 40 heavy (non-hydrogen) atoms. The van der Waals surface area contributed by atoms with Gasteiger partial charge in [0.1, 0.15) is 0 Å². The molecule has 0 radical (unpaired) electrons. The zero-order valence-corrected chi connectivity index (χ0v) is 25.9. The summed E-state index contributed by atoms with van der Waals surface area (Å²) in [6.45, 7) is 19.4. The quantitative estimate of drug-likeness (QED) is 0.189. The predicted octanol–water partition coefficient (Wildman–Crippen LogP) is 8.60. The second kappa shape index (κ2) is 13.4. The fraction of sp³-hybridized carbons (Fsp3) is 0.368. The van der Waals surface area contributed by atoms with E-state index in [-0.39, 0.29) is 12.1 Å². The van der Waals surface area contributed by atoms with E-state index in [1.165, 1.54) is 66.8 Å². The van der Waals surface area contributed by atoms with Gasteiger partial charge in [-0.15, -0.1) is 0 Å². The summed E-state index contributed by atoms with van der Waals surface area (Å²) >= 11 is 0. The summed E-state index contributed by atoms with van der Waals surface area (Å²) in [5, 5.41) is 7.85. The van der Waals surface area contributed by atoms with E-state index in [9.17, 15) is 0 Å². The smallest absolute Gasteiger partial charge is 0.0361 e. The van der Waals surface area contributed by atoms with Crippen LogP contribution in [0, 0.1) is 55.4 Å². The molecule has 210 valence electrons. The van der Waals surface area contributed by atoms with Gasteiger partial charge in [0.2, 0.25) is 0 Å². The van der Waals surface area contributed by atoms with Crippen molar-refractivity contribution in [3.8, 4) is 0 Å². The van der Waals surface area contributed by atoms with Gasteiger partial charge in [0.25, 0.3) is 0 Å². The molecule has 0 spiro atoms. The van der Waals surface area contributed by atoms with E-state index < -0.39 is 0 Å². The minimum atomic E-state index is 0.265. The van der Waals surface area contributed by atoms with E-state index in [0.29, 0.717) is 0 Å². The van der Waals surface area contributed by atoms with Gasteiger partial charge in [-0.1, -0.05) is 117 Å². The van der Waals surface area contributed by atoms with Crippen LogP contribution in [-0.2, 0) is 12.8 Å². The molecular formula is C38H48N2. The lowest BCUT2D eigenvalue weighted by Crippen LogP contribution is -2.34. The van der Waals surface area contributed by atoms with Crippen molar-refractivity contribution >= 4 is 0 Å². The van der Waals surface area contributed by atoms with Crippen molar-refractivity contribution in [3.05, 3.63) is 140 Å². The van der Waals surface area contributed by atoms with Gasteiger partial charge in [-0.25, -0.2) is 0 Å². The Labute approximate surface area is 243 Å². The van der Waals surface area contributed by atoms with Crippen LogP contribution in [-0.4, -0.2) is 13.1 Å². The first-order valence-corrected chi connectivity index (χ1v) is 14.8. The van der Waals surface area contributed by atoms with Crippen LogP contribution in [0.15, 0.2) is 72.8 Å². The molecular weight excluding hydrogens is 484 g/mol. The van der Waals surface area contributed by atoms with Crippen molar-refractivity contribution in [3.63, 3.8) is 0 Å². The van der Waals surface area contributed by atoms with Crippen LogP contribution in [0.5, 0.6) is 0 Å². The van der Waals surface area contributed by atoms with E-state index in [0.717, 1.165) is 25.9 Å². The summed E-state index contributed by atoms with van der Waals surface area (Å²) in [6, 6.07) is 28.3. The monoisotopic (exact) mass is 532 g/mol. The van der Waals surface area contributed by atoms with Gasteiger partial charge in [-0.05, 0) is 90.5 Å². The van der Waals surface area contributed by atoms with E-state index >= 15 is 0 Å². The number of aryl methyl sites for hydroxylation is 8. The number of hydrogen-bond acceptors (Lipinski definition) is 2. The Kier molecular flexibility index (Phi) is 10.0. The van der Waals surface area contributed by atoms with Crippen molar-refractivity contribution in [1.82, 2.24) is 10.6 Å². The first-order chi connectivity index (χ1) is 19.0. The van der Waals surface area contributed by atoms with Crippen LogP contribution in [0.1, 0.15) is 78.8 Å². The molecule has 0 saturated heterocycles. The highest BCUT2D eigenvalue weighted by Gasteiger charge is 2.16. The van der Waals surface area contributed by atoms with Gasteiger partial charge in [0.05, 0.1) is 0 Å². The summed E-state index contributed by atoms with van der Waals surface area (Å²) in [6.07, 6.45) is 1.96. The van der Waals surface area contributed by atoms with E-state index in [1.54, 1.807) is 0 Å². The van der Waals surface area contributed by atoms with Gasteiger partial charge < -0.3 is 10.6 Å². The Hall–Kier alpha value is -3.20. The summed E-state index contributed by atoms with van der Waals surface area (Å²) in [7, 11) is 0. The molecule has 0 heterocycles. The highest BCUT2D eigenvalue weighted by molar-refractivity contribution is 5.36. The van der Waals surface area contributed by atoms with Crippen LogP contribution in [0.2, 0.25) is 0 Å². The van der Waals surface area contributed by atoms with Crippen LogP contribution in [0.3, 0.4) is 0 Å². The summed E-state index contributed by atoms with van der Waals surface area (Å²) in [5.41, 5.74) is 16.2. The summed E-state index contributed by atoms with van der Waals surface area (Å²) in [4.78, 5) is 0. The molecule has 0 amide bonds. The molecule has 0 aliphatic rings. The topological polar surface area (TPSA) is 24.1 Å². The fourth-order valence-corrected chi connectivity index (χ4v) is 6.38. The normalized spacial score (nSPS) is 12.9. The zero-order chi connectivity index (χ0) is 28.8.